The van der Waals surface area contributed by atoms with Gasteiger partial charge in [0, 0.05) is 30.8 Å². The van der Waals surface area contributed by atoms with Gasteiger partial charge in [0.1, 0.15) is 5.82 Å². The molecule has 0 spiro atoms. The van der Waals surface area contributed by atoms with E-state index in [1.807, 2.05) is 6.20 Å². The fourth-order valence-corrected chi connectivity index (χ4v) is 1.62. The highest BCUT2D eigenvalue weighted by molar-refractivity contribution is 5.06. The van der Waals surface area contributed by atoms with Crippen molar-refractivity contribution in [2.24, 2.45) is 5.73 Å². The summed E-state index contributed by atoms with van der Waals surface area (Å²) >= 11 is 0. The molecule has 4 heteroatoms. The lowest BCUT2D eigenvalue weighted by Gasteiger charge is -2.01. The third-order valence-electron chi connectivity index (χ3n) is 2.38. The quantitative estimate of drug-likeness (QED) is 0.710. The van der Waals surface area contributed by atoms with E-state index in [9.17, 15) is 0 Å². The van der Waals surface area contributed by atoms with Crippen molar-refractivity contribution in [1.29, 1.82) is 0 Å². The second kappa shape index (κ2) is 3.89. The topological polar surface area (TPSA) is 63.9 Å². The molecule has 1 atom stereocenters. The third-order valence-corrected chi connectivity index (χ3v) is 2.38. The van der Waals surface area contributed by atoms with Crippen LogP contribution in [0.25, 0.3) is 0 Å². The van der Waals surface area contributed by atoms with Crippen molar-refractivity contribution < 1.29 is 4.74 Å². The number of nitrogens with two attached hydrogens (primary N) is 1. The van der Waals surface area contributed by atoms with E-state index in [1.165, 1.54) is 0 Å². The van der Waals surface area contributed by atoms with Crippen LogP contribution in [0.3, 0.4) is 0 Å². The van der Waals surface area contributed by atoms with E-state index in [4.69, 9.17) is 10.5 Å². The number of hydrogen-bond donors (Lipinski definition) is 2. The first-order valence-corrected chi connectivity index (χ1v) is 4.71. The second-order valence-electron chi connectivity index (χ2n) is 3.39. The minimum Gasteiger partial charge on any atom is -0.381 e. The Bertz CT molecular complexity index is 266. The van der Waals surface area contributed by atoms with Crippen molar-refractivity contribution in [3.05, 3.63) is 17.7 Å². The Morgan fingerprint density at radius 3 is 3.31 bits per heavy atom. The minimum atomic E-state index is 0.464. The molecule has 72 valence electrons. The first-order valence-electron chi connectivity index (χ1n) is 4.71. The zero-order chi connectivity index (χ0) is 9.10. The lowest BCUT2D eigenvalue weighted by atomic mass is 10.1. The maximum Gasteiger partial charge on any atom is 0.111 e. The normalized spacial score (nSPS) is 22.4. The zero-order valence-corrected chi connectivity index (χ0v) is 7.62. The molecular weight excluding hydrogens is 166 g/mol. The van der Waals surface area contributed by atoms with Crippen molar-refractivity contribution in [3.63, 3.8) is 0 Å². The Kier molecular flexibility index (Phi) is 2.61. The average molecular weight is 181 g/mol. The second-order valence-corrected chi connectivity index (χ2v) is 3.39. The van der Waals surface area contributed by atoms with Crippen molar-refractivity contribution >= 4 is 0 Å². The summed E-state index contributed by atoms with van der Waals surface area (Å²) in [4.78, 5) is 7.61. The summed E-state index contributed by atoms with van der Waals surface area (Å²) in [5.74, 6) is 1.52. The van der Waals surface area contributed by atoms with Crippen molar-refractivity contribution in [2.45, 2.75) is 18.8 Å². The Labute approximate surface area is 77.5 Å². The molecule has 3 N–H and O–H groups in total. The molecule has 1 aromatic rings. The van der Waals surface area contributed by atoms with Gasteiger partial charge in [0.05, 0.1) is 6.61 Å². The zero-order valence-electron chi connectivity index (χ0n) is 7.62. The molecule has 2 rings (SSSR count). The molecule has 0 amide bonds. The summed E-state index contributed by atoms with van der Waals surface area (Å²) in [5.41, 5.74) is 6.58. The van der Waals surface area contributed by atoms with Gasteiger partial charge in [-0.2, -0.15) is 0 Å². The monoisotopic (exact) mass is 181 g/mol. The number of nitrogens with one attached hydrogen (secondary N) is 1. The molecule has 1 aliphatic rings. The van der Waals surface area contributed by atoms with Gasteiger partial charge in [0.25, 0.3) is 0 Å². The fraction of sp³-hybridized carbons (Fsp3) is 0.667. The Morgan fingerprint density at radius 1 is 1.69 bits per heavy atom. The third kappa shape index (κ3) is 1.89. The number of aromatic nitrogens is 2. The van der Waals surface area contributed by atoms with Crippen LogP contribution >= 0.6 is 0 Å². The molecule has 0 aromatic carbocycles. The van der Waals surface area contributed by atoms with Crippen LogP contribution in [0.5, 0.6) is 0 Å². The van der Waals surface area contributed by atoms with Gasteiger partial charge in [-0.3, -0.25) is 0 Å². The molecular formula is C9H15N3O. The smallest absolute Gasteiger partial charge is 0.111 e. The molecule has 13 heavy (non-hydrogen) atoms. The number of hydrogen-bond acceptors (Lipinski definition) is 3. The first-order chi connectivity index (χ1) is 6.40. The highest BCUT2D eigenvalue weighted by atomic mass is 16.5. The van der Waals surface area contributed by atoms with E-state index in [-0.39, 0.29) is 0 Å². The van der Waals surface area contributed by atoms with E-state index < -0.39 is 0 Å². The molecule has 2 heterocycles. The molecule has 0 radical (unpaired) electrons. The Hall–Kier alpha value is -0.870. The molecule has 1 saturated heterocycles. The molecule has 1 aliphatic heterocycles. The van der Waals surface area contributed by atoms with Gasteiger partial charge in [0.2, 0.25) is 0 Å². The Balaban J connectivity index is 2.03. The molecule has 0 saturated carbocycles. The summed E-state index contributed by atoms with van der Waals surface area (Å²) in [6.07, 6.45) is 3.83. The van der Waals surface area contributed by atoms with E-state index in [0.29, 0.717) is 12.5 Å². The van der Waals surface area contributed by atoms with Crippen LogP contribution in [0.15, 0.2) is 6.20 Å². The van der Waals surface area contributed by atoms with Crippen LogP contribution in [-0.2, 0) is 11.2 Å². The highest BCUT2D eigenvalue weighted by Crippen LogP contribution is 2.22. The first kappa shape index (κ1) is 8.72. The molecule has 1 aromatic heterocycles. The molecule has 1 fully saturated rings. The van der Waals surface area contributed by atoms with Crippen LogP contribution in [0, 0.1) is 0 Å². The molecule has 0 aliphatic carbocycles. The summed E-state index contributed by atoms with van der Waals surface area (Å²) in [6.45, 7) is 2.33. The van der Waals surface area contributed by atoms with Gasteiger partial charge in [-0.25, -0.2) is 4.98 Å². The number of nitrogens with zero attached hydrogens (tertiary/aromatic N) is 1. The predicted octanol–water partition coefficient (Wildman–Crippen LogP) is 0.415. The summed E-state index contributed by atoms with van der Waals surface area (Å²) in [7, 11) is 0. The minimum absolute atomic E-state index is 0.464. The van der Waals surface area contributed by atoms with Crippen LogP contribution in [0.2, 0.25) is 0 Å². The number of aromatic amines is 1. The number of rotatable bonds is 3. The lowest BCUT2D eigenvalue weighted by molar-refractivity contribution is 0.193. The van der Waals surface area contributed by atoms with Crippen LogP contribution < -0.4 is 5.73 Å². The molecule has 4 nitrogen and oxygen atoms in total. The van der Waals surface area contributed by atoms with Crippen LogP contribution in [0.1, 0.15) is 23.9 Å². The highest BCUT2D eigenvalue weighted by Gasteiger charge is 2.20. The van der Waals surface area contributed by atoms with Gasteiger partial charge in [0.15, 0.2) is 0 Å². The summed E-state index contributed by atoms with van der Waals surface area (Å²) in [6, 6.07) is 0. The standard InChI is InChI=1S/C9H15N3O/c10-3-1-8-5-11-9(12-8)7-2-4-13-6-7/h5,7H,1-4,6,10H2,(H,11,12). The maximum atomic E-state index is 5.45. The largest absolute Gasteiger partial charge is 0.381 e. The van der Waals surface area contributed by atoms with E-state index in [2.05, 4.69) is 9.97 Å². The Morgan fingerprint density at radius 2 is 2.62 bits per heavy atom. The van der Waals surface area contributed by atoms with E-state index >= 15 is 0 Å². The van der Waals surface area contributed by atoms with Gasteiger partial charge < -0.3 is 15.5 Å². The molecule has 1 unspecified atom stereocenters. The van der Waals surface area contributed by atoms with Crippen molar-refractivity contribution in [1.82, 2.24) is 9.97 Å². The number of imidazole rings is 1. The van der Waals surface area contributed by atoms with Crippen molar-refractivity contribution in [2.75, 3.05) is 19.8 Å². The predicted molar refractivity (Wildman–Crippen MR) is 49.5 cm³/mol. The summed E-state index contributed by atoms with van der Waals surface area (Å²) < 4.78 is 5.30. The van der Waals surface area contributed by atoms with Crippen LogP contribution in [-0.4, -0.2) is 29.7 Å². The van der Waals surface area contributed by atoms with Gasteiger partial charge in [-0.15, -0.1) is 0 Å². The fourth-order valence-electron chi connectivity index (χ4n) is 1.62. The van der Waals surface area contributed by atoms with Crippen molar-refractivity contribution in [3.8, 4) is 0 Å². The van der Waals surface area contributed by atoms with Gasteiger partial charge >= 0.3 is 0 Å². The average Bonchev–Trinajstić information content (AvgIpc) is 2.70. The summed E-state index contributed by atoms with van der Waals surface area (Å²) in [5, 5.41) is 0. The number of ether oxygens (including phenoxy) is 1. The molecule has 0 bridgehead atoms. The van der Waals surface area contributed by atoms with Gasteiger partial charge in [-0.1, -0.05) is 0 Å². The number of H-pyrrole nitrogens is 1. The van der Waals surface area contributed by atoms with Crippen LogP contribution in [0.4, 0.5) is 0 Å². The SMILES string of the molecule is NCCc1cnc(C2CCOC2)[nH]1. The van der Waals surface area contributed by atoms with E-state index in [1.54, 1.807) is 0 Å². The van der Waals surface area contributed by atoms with Gasteiger partial charge in [-0.05, 0) is 13.0 Å². The maximum absolute atomic E-state index is 5.45. The van der Waals surface area contributed by atoms with E-state index in [0.717, 1.165) is 37.6 Å². The lowest BCUT2D eigenvalue weighted by Crippen LogP contribution is -2.04.